The van der Waals surface area contributed by atoms with Crippen molar-refractivity contribution in [2.24, 2.45) is 5.92 Å². The molecule has 9 nitrogen and oxygen atoms in total. The summed E-state index contributed by atoms with van der Waals surface area (Å²) in [4.78, 5) is 32.7. The number of piperidine rings is 1. The van der Waals surface area contributed by atoms with Crippen LogP contribution in [0, 0.1) is 17.6 Å². The highest BCUT2D eigenvalue weighted by Gasteiger charge is 2.41. The number of carboxylic acid groups (broad SMARTS) is 2. The van der Waals surface area contributed by atoms with Crippen LogP contribution in [0.4, 0.5) is 14.5 Å². The van der Waals surface area contributed by atoms with Crippen molar-refractivity contribution in [3.8, 4) is 0 Å². The molecule has 0 radical (unpaired) electrons. The maximum atomic E-state index is 13.6. The second kappa shape index (κ2) is 17.8. The Bertz CT molecular complexity index is 1250. The zero-order chi connectivity index (χ0) is 32.7. The number of amides is 1. The van der Waals surface area contributed by atoms with Gasteiger partial charge in [-0.1, -0.05) is 42.5 Å². The van der Waals surface area contributed by atoms with Crippen molar-refractivity contribution in [2.75, 3.05) is 25.0 Å². The maximum absolute atomic E-state index is 13.6. The van der Waals surface area contributed by atoms with Crippen molar-refractivity contribution in [1.82, 2.24) is 4.90 Å². The molecule has 0 unspecified atom stereocenters. The third-order valence-electron chi connectivity index (χ3n) is 6.87. The van der Waals surface area contributed by atoms with E-state index in [0.717, 1.165) is 44.6 Å². The van der Waals surface area contributed by atoms with Gasteiger partial charge in [0.2, 0.25) is 5.91 Å². The number of aliphatic hydroxyl groups excluding tert-OH is 1. The predicted octanol–water partition coefficient (Wildman–Crippen LogP) is 4.87. The first-order chi connectivity index (χ1) is 20.8. The summed E-state index contributed by atoms with van der Waals surface area (Å²) in [6, 6.07) is 21.2. The first kappa shape index (κ1) is 36.0. The maximum Gasteiger partial charge on any atom is 0.414 e. The van der Waals surface area contributed by atoms with Crippen molar-refractivity contribution in [3.05, 3.63) is 102 Å². The second-order valence-corrected chi connectivity index (χ2v) is 10.6. The lowest BCUT2D eigenvalue weighted by atomic mass is 9.72. The minimum atomic E-state index is -1.82. The Morgan fingerprint density at radius 3 is 1.68 bits per heavy atom. The Balaban J connectivity index is 0.000000586. The highest BCUT2D eigenvalue weighted by molar-refractivity contribution is 6.27. The average molecular weight is 615 g/mol. The summed E-state index contributed by atoms with van der Waals surface area (Å²) in [6.07, 6.45) is 2.51. The molecule has 5 N–H and O–H groups in total. The average Bonchev–Trinajstić information content (AvgIpc) is 2.98. The van der Waals surface area contributed by atoms with Crippen LogP contribution in [0.15, 0.2) is 78.9 Å². The number of rotatable bonds is 8. The van der Waals surface area contributed by atoms with Crippen molar-refractivity contribution >= 4 is 23.5 Å². The van der Waals surface area contributed by atoms with Crippen LogP contribution in [0.5, 0.6) is 0 Å². The molecule has 0 atom stereocenters. The molecule has 11 heteroatoms. The van der Waals surface area contributed by atoms with E-state index in [1.54, 1.807) is 38.1 Å². The normalized spacial score (nSPS) is 13.6. The second-order valence-electron chi connectivity index (χ2n) is 10.6. The Morgan fingerprint density at radius 2 is 1.27 bits per heavy atom. The van der Waals surface area contributed by atoms with Gasteiger partial charge in [-0.25, -0.2) is 18.4 Å². The van der Waals surface area contributed by atoms with E-state index in [4.69, 9.17) is 24.9 Å². The molecule has 0 spiro atoms. The monoisotopic (exact) mass is 614 g/mol. The molecule has 0 aromatic heterocycles. The lowest BCUT2D eigenvalue weighted by molar-refractivity contribution is -0.159. The van der Waals surface area contributed by atoms with Crippen LogP contribution in [-0.4, -0.2) is 68.9 Å². The number of nitrogens with zero attached hydrogens (tertiary/aromatic N) is 1. The smallest absolute Gasteiger partial charge is 0.414 e. The number of benzene rings is 3. The SMILES string of the molecule is CC(C)O.O=C(CCCN1CCC(C(O)(c2ccc(F)cc2)c2ccc(F)cc2)CC1)Nc1ccccc1.O=C(O)C(=O)O. The first-order valence-electron chi connectivity index (χ1n) is 14.3. The summed E-state index contributed by atoms with van der Waals surface area (Å²) in [6.45, 7) is 5.83. The molecule has 1 aliphatic heterocycles. The fourth-order valence-corrected chi connectivity index (χ4v) is 4.83. The number of aliphatic carboxylic acids is 2. The van der Waals surface area contributed by atoms with E-state index in [1.807, 2.05) is 30.3 Å². The Hall–Kier alpha value is -4.19. The fraction of sp³-hybridized carbons (Fsp3) is 0.364. The Kier molecular flexibility index (Phi) is 14.6. The lowest BCUT2D eigenvalue weighted by Crippen LogP contribution is -2.44. The summed E-state index contributed by atoms with van der Waals surface area (Å²) in [5, 5.41) is 37.7. The van der Waals surface area contributed by atoms with Crippen LogP contribution in [0.3, 0.4) is 0 Å². The molecule has 4 rings (SSSR count). The molecular formula is C33H40F2N2O7. The molecule has 1 heterocycles. The number of nitrogens with one attached hydrogen (secondary N) is 1. The van der Waals surface area contributed by atoms with Gasteiger partial charge in [0.25, 0.3) is 0 Å². The standard InChI is InChI=1S/C28H30F2N2O2.C3H8O.C2H2O4/c29-24-12-8-21(9-13-24)28(34,22-10-14-25(30)15-11-22)23-16-19-32(20-17-23)18-4-7-27(33)31-26-5-2-1-3-6-26;1-3(2)4;3-1(4)2(5)6/h1-3,5-6,8-15,23,34H,4,7,16-20H2,(H,31,33);3-4H,1-2H3;(H,3,4)(H,5,6). The molecule has 44 heavy (non-hydrogen) atoms. The zero-order valence-electron chi connectivity index (χ0n) is 24.8. The third-order valence-corrected chi connectivity index (χ3v) is 6.87. The number of carbonyl (C=O) groups excluding carboxylic acids is 1. The summed E-state index contributed by atoms with van der Waals surface area (Å²) < 4.78 is 27.1. The van der Waals surface area contributed by atoms with E-state index >= 15 is 0 Å². The van der Waals surface area contributed by atoms with Crippen molar-refractivity contribution in [1.29, 1.82) is 0 Å². The molecule has 3 aromatic carbocycles. The zero-order valence-corrected chi connectivity index (χ0v) is 24.8. The number of carbonyl (C=O) groups is 3. The summed E-state index contributed by atoms with van der Waals surface area (Å²) in [5.74, 6) is -4.47. The molecule has 0 bridgehead atoms. The Labute approximate surface area is 255 Å². The highest BCUT2D eigenvalue weighted by Crippen LogP contribution is 2.42. The quantitative estimate of drug-likeness (QED) is 0.226. The van der Waals surface area contributed by atoms with Gasteiger partial charge < -0.3 is 30.6 Å². The summed E-state index contributed by atoms with van der Waals surface area (Å²) in [7, 11) is 0. The number of halogens is 2. The van der Waals surface area contributed by atoms with E-state index in [1.165, 1.54) is 24.3 Å². The number of likely N-dealkylation sites (tertiary alicyclic amines) is 1. The van der Waals surface area contributed by atoms with Crippen LogP contribution in [0.2, 0.25) is 0 Å². The van der Waals surface area contributed by atoms with Crippen molar-refractivity contribution in [3.63, 3.8) is 0 Å². The van der Waals surface area contributed by atoms with Gasteiger partial charge in [-0.3, -0.25) is 4.79 Å². The van der Waals surface area contributed by atoms with Gasteiger partial charge in [-0.15, -0.1) is 0 Å². The molecule has 3 aromatic rings. The molecule has 0 saturated carbocycles. The molecule has 1 saturated heterocycles. The van der Waals surface area contributed by atoms with E-state index in [2.05, 4.69) is 10.2 Å². The van der Waals surface area contributed by atoms with Gasteiger partial charge in [0, 0.05) is 18.2 Å². The van der Waals surface area contributed by atoms with Gasteiger partial charge in [0.1, 0.15) is 17.2 Å². The van der Waals surface area contributed by atoms with Crippen molar-refractivity contribution < 1.29 is 43.6 Å². The predicted molar refractivity (Wildman–Crippen MR) is 162 cm³/mol. The molecule has 1 fully saturated rings. The number of anilines is 1. The van der Waals surface area contributed by atoms with Crippen LogP contribution in [0.25, 0.3) is 0 Å². The minimum Gasteiger partial charge on any atom is -0.473 e. The summed E-state index contributed by atoms with van der Waals surface area (Å²) in [5.41, 5.74) is 0.686. The molecule has 1 aliphatic rings. The van der Waals surface area contributed by atoms with E-state index in [-0.39, 0.29) is 29.6 Å². The Morgan fingerprint density at radius 1 is 0.841 bits per heavy atom. The molecule has 0 aliphatic carbocycles. The van der Waals surface area contributed by atoms with Crippen LogP contribution >= 0.6 is 0 Å². The molecule has 238 valence electrons. The number of carboxylic acids is 2. The number of aliphatic hydroxyl groups is 2. The van der Waals surface area contributed by atoms with Crippen LogP contribution < -0.4 is 5.32 Å². The number of hydrogen-bond acceptors (Lipinski definition) is 6. The van der Waals surface area contributed by atoms with Crippen LogP contribution in [0.1, 0.15) is 50.7 Å². The van der Waals surface area contributed by atoms with Gasteiger partial charge in [-0.2, -0.15) is 0 Å². The van der Waals surface area contributed by atoms with E-state index < -0.39 is 17.5 Å². The molecular weight excluding hydrogens is 574 g/mol. The number of hydrogen-bond donors (Lipinski definition) is 5. The molecule has 1 amide bonds. The number of para-hydroxylation sites is 1. The van der Waals surface area contributed by atoms with Crippen LogP contribution in [-0.2, 0) is 20.0 Å². The topological polar surface area (TPSA) is 147 Å². The lowest BCUT2D eigenvalue weighted by Gasteiger charge is -2.42. The third kappa shape index (κ3) is 11.8. The van der Waals surface area contributed by atoms with Gasteiger partial charge >= 0.3 is 11.9 Å². The first-order valence-corrected chi connectivity index (χ1v) is 14.3. The highest BCUT2D eigenvalue weighted by atomic mass is 19.1. The largest absolute Gasteiger partial charge is 0.473 e. The van der Waals surface area contributed by atoms with E-state index in [0.29, 0.717) is 17.5 Å². The van der Waals surface area contributed by atoms with Gasteiger partial charge in [-0.05, 0) is 106 Å². The fourth-order valence-electron chi connectivity index (χ4n) is 4.83. The van der Waals surface area contributed by atoms with Gasteiger partial charge in [0.15, 0.2) is 0 Å². The van der Waals surface area contributed by atoms with Gasteiger partial charge in [0.05, 0.1) is 0 Å². The summed E-state index contributed by atoms with van der Waals surface area (Å²) >= 11 is 0. The minimum absolute atomic E-state index is 0.00285. The van der Waals surface area contributed by atoms with Crippen molar-refractivity contribution in [2.45, 2.75) is 51.2 Å². The van der Waals surface area contributed by atoms with E-state index in [9.17, 15) is 18.7 Å².